The van der Waals surface area contributed by atoms with Gasteiger partial charge in [-0.3, -0.25) is 4.79 Å². The molecule has 0 atom stereocenters. The van der Waals surface area contributed by atoms with Gasteiger partial charge < -0.3 is 14.7 Å². The fraction of sp³-hybridized carbons (Fsp3) is 0.400. The Balaban J connectivity index is 2.23. The first-order valence-electron chi connectivity index (χ1n) is 6.52. The minimum atomic E-state index is 0.113. The Labute approximate surface area is 114 Å². The lowest BCUT2D eigenvalue weighted by atomic mass is 10.1. The summed E-state index contributed by atoms with van der Waals surface area (Å²) in [5, 5.41) is 0. The number of amides is 1. The quantitative estimate of drug-likeness (QED) is 0.775. The van der Waals surface area contributed by atoms with Gasteiger partial charge in [-0.15, -0.1) is 0 Å². The average Bonchev–Trinajstić information content (AvgIpc) is 2.67. The van der Waals surface area contributed by atoms with Gasteiger partial charge in [0.05, 0.1) is 6.67 Å². The Morgan fingerprint density at radius 3 is 2.37 bits per heavy atom. The molecule has 0 unspecified atom stereocenters. The number of hydrogen-bond donors (Lipinski definition) is 0. The van der Waals surface area contributed by atoms with E-state index < -0.39 is 0 Å². The molecule has 1 aliphatic rings. The lowest BCUT2D eigenvalue weighted by Gasteiger charge is -2.13. The molecule has 1 aromatic rings. The van der Waals surface area contributed by atoms with Crippen molar-refractivity contribution in [2.24, 2.45) is 0 Å². The second kappa shape index (κ2) is 5.34. The second-order valence-electron chi connectivity index (χ2n) is 5.02. The zero-order chi connectivity index (χ0) is 14.0. The first kappa shape index (κ1) is 13.5. The smallest absolute Gasteiger partial charge is 0.271 e. The van der Waals surface area contributed by atoms with Crippen molar-refractivity contribution in [3.8, 4) is 0 Å². The molecular weight excluding hydrogens is 238 g/mol. The van der Waals surface area contributed by atoms with Gasteiger partial charge in [-0.05, 0) is 30.7 Å². The van der Waals surface area contributed by atoms with Crippen LogP contribution in [0.15, 0.2) is 30.0 Å². The SMILES string of the molecule is CCN1CN(C)/C(=C/c2ccc(N(C)C)cc2)C1=O. The third-order valence-electron chi connectivity index (χ3n) is 3.40. The molecule has 0 bridgehead atoms. The highest BCUT2D eigenvalue weighted by molar-refractivity contribution is 5.99. The van der Waals surface area contributed by atoms with Crippen LogP contribution in [0.1, 0.15) is 12.5 Å². The third kappa shape index (κ3) is 2.72. The molecule has 4 nitrogen and oxygen atoms in total. The Morgan fingerprint density at radius 2 is 1.89 bits per heavy atom. The van der Waals surface area contributed by atoms with Crippen LogP contribution in [0.2, 0.25) is 0 Å². The van der Waals surface area contributed by atoms with Gasteiger partial charge in [0.25, 0.3) is 5.91 Å². The molecule has 1 saturated heterocycles. The van der Waals surface area contributed by atoms with Crippen LogP contribution in [0, 0.1) is 0 Å². The van der Waals surface area contributed by atoms with Crippen molar-refractivity contribution in [3.05, 3.63) is 35.5 Å². The van der Waals surface area contributed by atoms with Gasteiger partial charge in [0, 0.05) is 33.4 Å². The number of carbonyl (C=O) groups excluding carboxylic acids is 1. The molecule has 4 heteroatoms. The lowest BCUT2D eigenvalue weighted by Crippen LogP contribution is -2.25. The maximum Gasteiger partial charge on any atom is 0.271 e. The van der Waals surface area contributed by atoms with Crippen molar-refractivity contribution in [3.63, 3.8) is 0 Å². The fourth-order valence-electron chi connectivity index (χ4n) is 2.16. The standard InChI is InChI=1S/C15H21N3O/c1-5-18-11-17(4)14(15(18)19)10-12-6-8-13(9-7-12)16(2)3/h6-10H,5,11H2,1-4H3/b14-10+. The van der Waals surface area contributed by atoms with E-state index in [1.54, 1.807) is 0 Å². The van der Waals surface area contributed by atoms with E-state index in [0.717, 1.165) is 23.5 Å². The van der Waals surface area contributed by atoms with Gasteiger partial charge in [0.2, 0.25) is 0 Å². The molecule has 19 heavy (non-hydrogen) atoms. The molecule has 1 aromatic carbocycles. The molecule has 0 N–H and O–H groups in total. The molecule has 1 fully saturated rings. The van der Waals surface area contributed by atoms with Crippen molar-refractivity contribution in [2.45, 2.75) is 6.92 Å². The first-order chi connectivity index (χ1) is 9.02. The van der Waals surface area contributed by atoms with Gasteiger partial charge in [-0.25, -0.2) is 0 Å². The number of nitrogens with zero attached hydrogens (tertiary/aromatic N) is 3. The fourth-order valence-corrected chi connectivity index (χ4v) is 2.16. The summed E-state index contributed by atoms with van der Waals surface area (Å²) in [7, 11) is 5.98. The van der Waals surface area contributed by atoms with Gasteiger partial charge >= 0.3 is 0 Å². The van der Waals surface area contributed by atoms with E-state index in [0.29, 0.717) is 6.67 Å². The molecule has 1 heterocycles. The summed E-state index contributed by atoms with van der Waals surface area (Å²) in [4.78, 5) is 18.0. The summed E-state index contributed by atoms with van der Waals surface area (Å²) >= 11 is 0. The molecule has 102 valence electrons. The minimum Gasteiger partial charge on any atom is -0.378 e. The van der Waals surface area contributed by atoms with E-state index in [1.165, 1.54) is 0 Å². The van der Waals surface area contributed by atoms with Gasteiger partial charge in [0.15, 0.2) is 0 Å². The summed E-state index contributed by atoms with van der Waals surface area (Å²) in [5.74, 6) is 0.113. The molecule has 0 aliphatic carbocycles. The molecular formula is C15H21N3O. The van der Waals surface area contributed by atoms with Crippen LogP contribution in [0.5, 0.6) is 0 Å². The third-order valence-corrected chi connectivity index (χ3v) is 3.40. The summed E-state index contributed by atoms with van der Waals surface area (Å²) in [6.07, 6.45) is 1.96. The Bertz CT molecular complexity index is 491. The van der Waals surface area contributed by atoms with Crippen LogP contribution in [-0.4, -0.2) is 50.1 Å². The molecule has 1 amide bonds. The Hall–Kier alpha value is -1.97. The zero-order valence-electron chi connectivity index (χ0n) is 12.1. The number of anilines is 1. The molecule has 0 spiro atoms. The van der Waals surface area contributed by atoms with Crippen LogP contribution in [-0.2, 0) is 4.79 Å². The normalized spacial score (nSPS) is 17.5. The number of benzene rings is 1. The predicted molar refractivity (Wildman–Crippen MR) is 78.8 cm³/mol. The summed E-state index contributed by atoms with van der Waals surface area (Å²) in [5.41, 5.74) is 2.97. The predicted octanol–water partition coefficient (Wildman–Crippen LogP) is 1.84. The van der Waals surface area contributed by atoms with Crippen molar-refractivity contribution >= 4 is 17.7 Å². The Kier molecular flexibility index (Phi) is 3.79. The average molecular weight is 259 g/mol. The highest BCUT2D eigenvalue weighted by Crippen LogP contribution is 2.20. The summed E-state index contributed by atoms with van der Waals surface area (Å²) in [6, 6.07) is 8.20. The van der Waals surface area contributed by atoms with Crippen LogP contribution in [0.4, 0.5) is 5.69 Å². The topological polar surface area (TPSA) is 26.8 Å². The largest absolute Gasteiger partial charge is 0.378 e. The van der Waals surface area contributed by atoms with Crippen LogP contribution < -0.4 is 4.90 Å². The first-order valence-corrected chi connectivity index (χ1v) is 6.52. The van der Waals surface area contributed by atoms with E-state index in [9.17, 15) is 4.79 Å². The number of carbonyl (C=O) groups is 1. The van der Waals surface area contributed by atoms with Crippen LogP contribution in [0.3, 0.4) is 0 Å². The molecule has 2 rings (SSSR count). The van der Waals surface area contributed by atoms with E-state index in [4.69, 9.17) is 0 Å². The van der Waals surface area contributed by atoms with Gasteiger partial charge in [-0.2, -0.15) is 0 Å². The second-order valence-corrected chi connectivity index (χ2v) is 5.02. The van der Waals surface area contributed by atoms with E-state index >= 15 is 0 Å². The van der Waals surface area contributed by atoms with Gasteiger partial charge in [0.1, 0.15) is 5.70 Å². The number of likely N-dealkylation sites (N-methyl/N-ethyl adjacent to an activating group) is 2. The summed E-state index contributed by atoms with van der Waals surface area (Å²) in [6.45, 7) is 3.43. The van der Waals surface area contributed by atoms with Crippen LogP contribution >= 0.6 is 0 Å². The Morgan fingerprint density at radius 1 is 1.26 bits per heavy atom. The zero-order valence-corrected chi connectivity index (χ0v) is 12.1. The molecule has 0 aromatic heterocycles. The lowest BCUT2D eigenvalue weighted by molar-refractivity contribution is -0.124. The maximum atomic E-state index is 12.1. The van der Waals surface area contributed by atoms with E-state index in [-0.39, 0.29) is 5.91 Å². The van der Waals surface area contributed by atoms with Gasteiger partial charge in [-0.1, -0.05) is 12.1 Å². The van der Waals surface area contributed by atoms with Crippen LogP contribution in [0.25, 0.3) is 6.08 Å². The number of hydrogen-bond acceptors (Lipinski definition) is 3. The minimum absolute atomic E-state index is 0.113. The van der Waals surface area contributed by atoms with E-state index in [1.807, 2.05) is 56.1 Å². The van der Waals surface area contributed by atoms with Crippen molar-refractivity contribution in [1.82, 2.24) is 9.80 Å². The molecule has 0 radical (unpaired) electrons. The van der Waals surface area contributed by atoms with Crippen molar-refractivity contribution in [1.29, 1.82) is 0 Å². The molecule has 0 saturated carbocycles. The van der Waals surface area contributed by atoms with Crippen molar-refractivity contribution < 1.29 is 4.79 Å². The van der Waals surface area contributed by atoms with Crippen molar-refractivity contribution in [2.75, 3.05) is 39.3 Å². The summed E-state index contributed by atoms with van der Waals surface area (Å²) < 4.78 is 0. The number of rotatable bonds is 3. The van der Waals surface area contributed by atoms with E-state index in [2.05, 4.69) is 17.0 Å². The maximum absolute atomic E-state index is 12.1. The molecule has 1 aliphatic heterocycles. The highest BCUT2D eigenvalue weighted by Gasteiger charge is 2.28. The highest BCUT2D eigenvalue weighted by atomic mass is 16.2. The monoisotopic (exact) mass is 259 g/mol.